The van der Waals surface area contributed by atoms with E-state index in [1.54, 1.807) is 35.2 Å². The number of benzene rings is 1. The van der Waals surface area contributed by atoms with Gasteiger partial charge in [-0.1, -0.05) is 6.08 Å². The maximum absolute atomic E-state index is 12.5. The topological polar surface area (TPSA) is 137 Å². The Morgan fingerprint density at radius 3 is 2.65 bits per heavy atom. The van der Waals surface area contributed by atoms with E-state index >= 15 is 0 Å². The molecule has 0 aromatic heterocycles. The summed E-state index contributed by atoms with van der Waals surface area (Å²) < 4.78 is 0. The lowest BCUT2D eigenvalue weighted by atomic mass is 10.0. The number of hydrogen-bond donors (Lipinski definition) is 4. The number of carbonyl (C=O) groups excluding carboxylic acids is 2. The lowest BCUT2D eigenvalue weighted by Crippen LogP contribution is -2.29. The molecule has 0 spiro atoms. The monoisotopic (exact) mass is 358 g/mol. The summed E-state index contributed by atoms with van der Waals surface area (Å²) in [5.41, 5.74) is 6.73. The van der Waals surface area contributed by atoms with Crippen LogP contribution in [-0.2, 0) is 14.4 Å². The van der Waals surface area contributed by atoms with Gasteiger partial charge in [-0.25, -0.2) is 0 Å². The van der Waals surface area contributed by atoms with Crippen LogP contribution in [0.5, 0.6) is 0 Å². The van der Waals surface area contributed by atoms with Crippen molar-refractivity contribution in [3.05, 3.63) is 42.1 Å². The Morgan fingerprint density at radius 1 is 1.35 bits per heavy atom. The number of aliphatic carboxylic acids is 1. The van der Waals surface area contributed by atoms with Gasteiger partial charge in [0.1, 0.15) is 5.84 Å². The minimum atomic E-state index is -0.894. The highest BCUT2D eigenvalue weighted by atomic mass is 16.4. The van der Waals surface area contributed by atoms with Crippen molar-refractivity contribution in [2.24, 2.45) is 11.7 Å². The number of amidine groups is 1. The molecule has 1 fully saturated rings. The van der Waals surface area contributed by atoms with E-state index in [0.29, 0.717) is 24.9 Å². The zero-order valence-corrected chi connectivity index (χ0v) is 14.3. The minimum absolute atomic E-state index is 0.00482. The van der Waals surface area contributed by atoms with Gasteiger partial charge in [-0.2, -0.15) is 0 Å². The van der Waals surface area contributed by atoms with Crippen LogP contribution in [0.2, 0.25) is 0 Å². The number of rotatable bonds is 8. The van der Waals surface area contributed by atoms with Crippen LogP contribution in [0.3, 0.4) is 0 Å². The number of nitrogens with two attached hydrogens (primary N) is 1. The normalized spacial score (nSPS) is 16.8. The molecular weight excluding hydrogens is 336 g/mol. The second-order valence-electron chi connectivity index (χ2n) is 6.04. The maximum Gasteiger partial charge on any atom is 0.303 e. The number of nitrogens with zero attached hydrogens (tertiary/aromatic N) is 1. The fraction of sp³-hybridized carbons (Fsp3) is 0.333. The molecule has 8 nitrogen and oxygen atoms in total. The summed E-state index contributed by atoms with van der Waals surface area (Å²) in [6.45, 7) is 0.532. The molecule has 1 aromatic carbocycles. The number of nitrogen functional groups attached to an aromatic ring is 1. The van der Waals surface area contributed by atoms with Crippen LogP contribution in [0.25, 0.3) is 0 Å². The van der Waals surface area contributed by atoms with Crippen molar-refractivity contribution < 1.29 is 19.5 Å². The number of hydrogen-bond acceptors (Lipinski definition) is 4. The largest absolute Gasteiger partial charge is 0.481 e. The lowest BCUT2D eigenvalue weighted by molar-refractivity contribution is -0.136. The summed E-state index contributed by atoms with van der Waals surface area (Å²) in [5.74, 6) is -1.69. The first kappa shape index (κ1) is 19.2. The highest BCUT2D eigenvalue weighted by molar-refractivity contribution is 6.00. The van der Waals surface area contributed by atoms with E-state index in [0.717, 1.165) is 5.69 Å². The van der Waals surface area contributed by atoms with Crippen LogP contribution in [0.15, 0.2) is 36.5 Å². The molecule has 2 rings (SSSR count). The van der Waals surface area contributed by atoms with Crippen molar-refractivity contribution in [2.45, 2.75) is 25.7 Å². The van der Waals surface area contributed by atoms with E-state index in [1.165, 1.54) is 6.20 Å². The Labute approximate surface area is 151 Å². The van der Waals surface area contributed by atoms with Crippen molar-refractivity contribution in [3.8, 4) is 0 Å². The summed E-state index contributed by atoms with van der Waals surface area (Å²) in [7, 11) is 0. The molecule has 1 atom stereocenters. The molecule has 1 aliphatic rings. The Morgan fingerprint density at radius 2 is 2.04 bits per heavy atom. The molecular formula is C18H22N4O4. The van der Waals surface area contributed by atoms with Gasteiger partial charge in [0, 0.05) is 36.6 Å². The van der Waals surface area contributed by atoms with Crippen LogP contribution in [0, 0.1) is 11.3 Å². The molecule has 2 amide bonds. The number of carboxylic acids is 1. The smallest absolute Gasteiger partial charge is 0.303 e. The molecule has 1 saturated heterocycles. The number of amides is 2. The van der Waals surface area contributed by atoms with Gasteiger partial charge in [-0.3, -0.25) is 19.8 Å². The number of carboxylic acid groups (broad SMARTS) is 1. The SMILES string of the molecule is N=C(N)c1ccc(N2CCC(CC(=O)NC=CCCC(=O)O)C2=O)cc1. The second-order valence-corrected chi connectivity index (χ2v) is 6.04. The van der Waals surface area contributed by atoms with Crippen molar-refractivity contribution in [1.29, 1.82) is 5.41 Å². The van der Waals surface area contributed by atoms with E-state index in [-0.39, 0.29) is 36.4 Å². The van der Waals surface area contributed by atoms with Crippen LogP contribution < -0.4 is 16.0 Å². The fourth-order valence-corrected chi connectivity index (χ4v) is 2.73. The predicted molar refractivity (Wildman–Crippen MR) is 96.7 cm³/mol. The Bertz CT molecular complexity index is 727. The summed E-state index contributed by atoms with van der Waals surface area (Å²) >= 11 is 0. The number of nitrogens with one attached hydrogen (secondary N) is 2. The van der Waals surface area contributed by atoms with Gasteiger partial charge in [0.15, 0.2) is 0 Å². The zero-order chi connectivity index (χ0) is 19.1. The van der Waals surface area contributed by atoms with Gasteiger partial charge in [-0.15, -0.1) is 0 Å². The lowest BCUT2D eigenvalue weighted by Gasteiger charge is -2.17. The summed E-state index contributed by atoms with van der Waals surface area (Å²) in [6, 6.07) is 6.85. The first-order chi connectivity index (χ1) is 12.4. The van der Waals surface area contributed by atoms with E-state index in [1.807, 2.05) is 0 Å². The van der Waals surface area contributed by atoms with Gasteiger partial charge in [-0.05, 0) is 43.3 Å². The quantitative estimate of drug-likeness (QED) is 0.409. The standard InChI is InChI=1S/C18H22N4O4/c19-17(20)12-4-6-14(7-5-12)22-10-8-13(18(22)26)11-15(23)21-9-2-1-3-16(24)25/h2,4-7,9,13H,1,3,8,10-11H2,(H3,19,20)(H,21,23)(H,24,25). The Kier molecular flexibility index (Phi) is 6.48. The van der Waals surface area contributed by atoms with E-state index in [2.05, 4.69) is 5.32 Å². The van der Waals surface area contributed by atoms with Gasteiger partial charge in [0.2, 0.25) is 11.8 Å². The summed E-state index contributed by atoms with van der Waals surface area (Å²) in [4.78, 5) is 36.4. The minimum Gasteiger partial charge on any atom is -0.481 e. The molecule has 5 N–H and O–H groups in total. The Hall–Kier alpha value is -3.16. The van der Waals surface area contributed by atoms with Gasteiger partial charge in [0.25, 0.3) is 0 Å². The third kappa shape index (κ3) is 5.17. The molecule has 138 valence electrons. The molecule has 0 radical (unpaired) electrons. The average Bonchev–Trinajstić information content (AvgIpc) is 2.95. The Balaban J connectivity index is 1.85. The first-order valence-electron chi connectivity index (χ1n) is 8.30. The van der Waals surface area contributed by atoms with Gasteiger partial charge in [0.05, 0.1) is 0 Å². The van der Waals surface area contributed by atoms with Crippen LogP contribution >= 0.6 is 0 Å². The summed E-state index contributed by atoms with van der Waals surface area (Å²) in [5, 5.41) is 18.5. The highest BCUT2D eigenvalue weighted by Gasteiger charge is 2.33. The molecule has 0 bridgehead atoms. The number of anilines is 1. The molecule has 1 aliphatic heterocycles. The third-order valence-electron chi connectivity index (χ3n) is 4.13. The van der Waals surface area contributed by atoms with E-state index in [9.17, 15) is 14.4 Å². The van der Waals surface area contributed by atoms with Crippen LogP contribution in [0.4, 0.5) is 5.69 Å². The van der Waals surface area contributed by atoms with Crippen molar-refractivity contribution >= 4 is 29.3 Å². The molecule has 0 aliphatic carbocycles. The molecule has 8 heteroatoms. The molecule has 26 heavy (non-hydrogen) atoms. The fourth-order valence-electron chi connectivity index (χ4n) is 2.73. The first-order valence-corrected chi connectivity index (χ1v) is 8.30. The molecule has 1 aromatic rings. The molecule has 1 heterocycles. The zero-order valence-electron chi connectivity index (χ0n) is 14.3. The second kappa shape index (κ2) is 8.80. The van der Waals surface area contributed by atoms with E-state index in [4.69, 9.17) is 16.2 Å². The van der Waals surface area contributed by atoms with E-state index < -0.39 is 5.97 Å². The predicted octanol–water partition coefficient (Wildman–Crippen LogP) is 1.21. The number of carbonyl (C=O) groups is 3. The number of allylic oxidation sites excluding steroid dienone is 1. The van der Waals surface area contributed by atoms with Crippen LogP contribution in [0.1, 0.15) is 31.2 Å². The third-order valence-corrected chi connectivity index (χ3v) is 4.13. The van der Waals surface area contributed by atoms with Crippen LogP contribution in [-0.4, -0.2) is 35.3 Å². The van der Waals surface area contributed by atoms with Gasteiger partial charge < -0.3 is 21.1 Å². The van der Waals surface area contributed by atoms with Gasteiger partial charge >= 0.3 is 5.97 Å². The highest BCUT2D eigenvalue weighted by Crippen LogP contribution is 2.27. The summed E-state index contributed by atoms with van der Waals surface area (Å²) in [6.07, 6.45) is 4.01. The van der Waals surface area contributed by atoms with Crippen molar-refractivity contribution in [3.63, 3.8) is 0 Å². The van der Waals surface area contributed by atoms with Crippen molar-refractivity contribution in [1.82, 2.24) is 5.32 Å². The molecule has 0 saturated carbocycles. The maximum atomic E-state index is 12.5. The average molecular weight is 358 g/mol. The molecule has 1 unspecified atom stereocenters. The van der Waals surface area contributed by atoms with Crippen molar-refractivity contribution in [2.75, 3.05) is 11.4 Å².